The molecule has 2 aromatic carbocycles. The average Bonchev–Trinajstić information content (AvgIpc) is 3.28. The first-order valence-corrected chi connectivity index (χ1v) is 12.2. The van der Waals surface area contributed by atoms with Crippen LogP contribution in [-0.4, -0.2) is 52.6 Å². The number of hydrogen-bond acceptors (Lipinski definition) is 6. The van der Waals surface area contributed by atoms with E-state index >= 15 is 0 Å². The predicted octanol–water partition coefficient (Wildman–Crippen LogP) is 5.19. The molecule has 0 amide bonds. The zero-order chi connectivity index (χ0) is 21.1. The van der Waals surface area contributed by atoms with Crippen LogP contribution in [0, 0.1) is 0 Å². The van der Waals surface area contributed by atoms with E-state index in [2.05, 4.69) is 4.90 Å². The standard InChI is InChI=1S/C23H31NO5S/c1-17-22(29-23-20(27-2)7-5-8-21(23)30(17,25)26)18-9-11-19(12-10-18)28-16-6-15-24-13-3-4-14-24/h5,7-12,17,22,25-26H,3-4,6,13-16H2,1-2H3/t17-,22+/m1/s1. The molecular formula is C23H31NO5S. The highest BCUT2D eigenvalue weighted by Gasteiger charge is 2.41. The molecule has 0 spiro atoms. The van der Waals surface area contributed by atoms with Crippen molar-refractivity contribution in [1.82, 2.24) is 4.90 Å². The number of fused-ring (bicyclic) bond motifs is 1. The van der Waals surface area contributed by atoms with Crippen molar-refractivity contribution in [2.75, 3.05) is 33.4 Å². The van der Waals surface area contributed by atoms with Gasteiger partial charge in [-0.1, -0.05) is 18.2 Å². The molecular weight excluding hydrogens is 402 g/mol. The van der Waals surface area contributed by atoms with E-state index in [0.29, 0.717) is 23.0 Å². The number of para-hydroxylation sites is 1. The van der Waals surface area contributed by atoms with Crippen molar-refractivity contribution >= 4 is 10.6 Å². The van der Waals surface area contributed by atoms with Gasteiger partial charge in [-0.05, 0) is 69.1 Å². The number of methoxy groups -OCH3 is 1. The summed E-state index contributed by atoms with van der Waals surface area (Å²) in [4.78, 5) is 2.89. The minimum atomic E-state index is -3.03. The molecule has 30 heavy (non-hydrogen) atoms. The van der Waals surface area contributed by atoms with E-state index in [1.165, 1.54) is 25.9 Å². The molecule has 7 heteroatoms. The molecule has 0 bridgehead atoms. The Balaban J connectivity index is 1.43. The van der Waals surface area contributed by atoms with Crippen molar-refractivity contribution < 1.29 is 23.3 Å². The fraction of sp³-hybridized carbons (Fsp3) is 0.478. The largest absolute Gasteiger partial charge is 0.494 e. The van der Waals surface area contributed by atoms with Crippen LogP contribution in [-0.2, 0) is 0 Å². The van der Waals surface area contributed by atoms with Crippen LogP contribution in [0.15, 0.2) is 47.4 Å². The fourth-order valence-corrected chi connectivity index (χ4v) is 5.84. The second kappa shape index (κ2) is 9.06. The second-order valence-corrected chi connectivity index (χ2v) is 10.3. The highest BCUT2D eigenvalue weighted by Crippen LogP contribution is 2.64. The van der Waals surface area contributed by atoms with Crippen LogP contribution >= 0.6 is 10.6 Å². The van der Waals surface area contributed by atoms with E-state index in [-0.39, 0.29) is 0 Å². The van der Waals surface area contributed by atoms with Gasteiger partial charge in [-0.15, -0.1) is 0 Å². The molecule has 2 N–H and O–H groups in total. The van der Waals surface area contributed by atoms with Gasteiger partial charge in [-0.2, -0.15) is 10.6 Å². The average molecular weight is 434 g/mol. The molecule has 0 radical (unpaired) electrons. The number of hydrogen-bond donors (Lipinski definition) is 2. The van der Waals surface area contributed by atoms with Crippen LogP contribution < -0.4 is 14.2 Å². The van der Waals surface area contributed by atoms with Gasteiger partial charge in [0, 0.05) is 6.54 Å². The van der Waals surface area contributed by atoms with Gasteiger partial charge >= 0.3 is 0 Å². The predicted molar refractivity (Wildman–Crippen MR) is 119 cm³/mol. The monoisotopic (exact) mass is 433 g/mol. The number of benzene rings is 2. The lowest BCUT2D eigenvalue weighted by Crippen LogP contribution is -2.31. The Morgan fingerprint density at radius 3 is 2.53 bits per heavy atom. The van der Waals surface area contributed by atoms with E-state index < -0.39 is 21.9 Å². The summed E-state index contributed by atoms with van der Waals surface area (Å²) in [5, 5.41) is -0.482. The minimum Gasteiger partial charge on any atom is -0.494 e. The van der Waals surface area contributed by atoms with E-state index in [0.717, 1.165) is 24.3 Å². The Kier molecular flexibility index (Phi) is 6.43. The maximum absolute atomic E-state index is 10.9. The second-order valence-electron chi connectivity index (χ2n) is 7.94. The van der Waals surface area contributed by atoms with E-state index in [4.69, 9.17) is 14.2 Å². The maximum Gasteiger partial charge on any atom is 0.185 e. The number of ether oxygens (including phenoxy) is 3. The number of rotatable bonds is 7. The Morgan fingerprint density at radius 2 is 1.83 bits per heavy atom. The summed E-state index contributed by atoms with van der Waals surface area (Å²) >= 11 is 0. The van der Waals surface area contributed by atoms with Crippen molar-refractivity contribution in [3.05, 3.63) is 48.0 Å². The van der Waals surface area contributed by atoms with Gasteiger partial charge in [0.2, 0.25) is 0 Å². The van der Waals surface area contributed by atoms with Gasteiger partial charge in [0.15, 0.2) is 11.5 Å². The maximum atomic E-state index is 10.9. The smallest absolute Gasteiger partial charge is 0.185 e. The number of likely N-dealkylation sites (tertiary alicyclic amines) is 1. The highest BCUT2D eigenvalue weighted by atomic mass is 32.3. The zero-order valence-corrected chi connectivity index (χ0v) is 18.4. The molecule has 0 aliphatic carbocycles. The summed E-state index contributed by atoms with van der Waals surface area (Å²) in [6.45, 7) is 6.01. The molecule has 2 atom stereocenters. The quantitative estimate of drug-likeness (QED) is 0.586. The summed E-state index contributed by atoms with van der Waals surface area (Å²) in [6, 6.07) is 12.9. The third kappa shape index (κ3) is 4.25. The van der Waals surface area contributed by atoms with Crippen molar-refractivity contribution in [2.24, 2.45) is 0 Å². The molecule has 164 valence electrons. The Bertz CT molecular complexity index is 851. The molecule has 2 aliphatic rings. The zero-order valence-electron chi connectivity index (χ0n) is 17.6. The van der Waals surface area contributed by atoms with Crippen LogP contribution in [0.3, 0.4) is 0 Å². The van der Waals surface area contributed by atoms with Gasteiger partial charge in [-0.3, -0.25) is 9.11 Å². The Morgan fingerprint density at radius 1 is 1.10 bits per heavy atom. The third-order valence-electron chi connectivity index (χ3n) is 5.97. The lowest BCUT2D eigenvalue weighted by atomic mass is 10.1. The van der Waals surface area contributed by atoms with Crippen LogP contribution in [0.2, 0.25) is 0 Å². The molecule has 2 aromatic rings. The Hall–Kier alpha value is -1.93. The molecule has 2 heterocycles. The summed E-state index contributed by atoms with van der Waals surface area (Å²) in [6.07, 6.45) is 3.15. The molecule has 0 unspecified atom stereocenters. The van der Waals surface area contributed by atoms with Crippen molar-refractivity contribution in [3.8, 4) is 17.2 Å². The van der Waals surface area contributed by atoms with Gasteiger partial charge in [0.05, 0.1) is 19.0 Å². The molecule has 1 fully saturated rings. The summed E-state index contributed by atoms with van der Waals surface area (Å²) < 4.78 is 39.3. The highest BCUT2D eigenvalue weighted by molar-refractivity contribution is 8.25. The van der Waals surface area contributed by atoms with Gasteiger partial charge < -0.3 is 19.1 Å². The van der Waals surface area contributed by atoms with Gasteiger partial charge in [0.1, 0.15) is 16.7 Å². The molecule has 1 saturated heterocycles. The minimum absolute atomic E-state index is 0.406. The number of nitrogens with zero attached hydrogens (tertiary/aromatic N) is 1. The fourth-order valence-electron chi connectivity index (χ4n) is 4.18. The topological polar surface area (TPSA) is 71.4 Å². The summed E-state index contributed by atoms with van der Waals surface area (Å²) in [5.74, 6) is 1.72. The molecule has 4 rings (SSSR count). The third-order valence-corrected chi connectivity index (χ3v) is 8.22. The first kappa shape index (κ1) is 21.3. The van der Waals surface area contributed by atoms with Crippen molar-refractivity contribution in [3.63, 3.8) is 0 Å². The lowest BCUT2D eigenvalue weighted by Gasteiger charge is -2.47. The molecule has 6 nitrogen and oxygen atoms in total. The lowest BCUT2D eigenvalue weighted by molar-refractivity contribution is 0.172. The van der Waals surface area contributed by atoms with Crippen LogP contribution in [0.1, 0.15) is 37.9 Å². The first-order valence-electron chi connectivity index (χ1n) is 10.6. The molecule has 2 aliphatic heterocycles. The van der Waals surface area contributed by atoms with Crippen molar-refractivity contribution in [1.29, 1.82) is 0 Å². The van der Waals surface area contributed by atoms with Crippen LogP contribution in [0.25, 0.3) is 0 Å². The Labute approximate surface area is 180 Å². The SMILES string of the molecule is COc1cccc2c1O[C@H](c1ccc(OCCCN3CCCC3)cc1)[C@@H](C)S2(O)O. The summed E-state index contributed by atoms with van der Waals surface area (Å²) in [7, 11) is -1.48. The first-order chi connectivity index (χ1) is 14.5. The normalized spacial score (nSPS) is 24.0. The molecule has 0 aromatic heterocycles. The van der Waals surface area contributed by atoms with Crippen LogP contribution in [0.4, 0.5) is 0 Å². The van der Waals surface area contributed by atoms with Crippen molar-refractivity contribution in [2.45, 2.75) is 42.4 Å². The van der Waals surface area contributed by atoms with Crippen LogP contribution in [0.5, 0.6) is 17.2 Å². The van der Waals surface area contributed by atoms with E-state index in [1.54, 1.807) is 25.3 Å². The van der Waals surface area contributed by atoms with E-state index in [1.807, 2.05) is 31.2 Å². The molecule has 0 saturated carbocycles. The van der Waals surface area contributed by atoms with E-state index in [9.17, 15) is 9.11 Å². The summed E-state index contributed by atoms with van der Waals surface area (Å²) in [5.41, 5.74) is 0.878. The van der Waals surface area contributed by atoms with Gasteiger partial charge in [-0.25, -0.2) is 0 Å². The van der Waals surface area contributed by atoms with Gasteiger partial charge in [0.25, 0.3) is 0 Å².